The summed E-state index contributed by atoms with van der Waals surface area (Å²) in [4.78, 5) is 43.1. The van der Waals surface area contributed by atoms with Crippen molar-refractivity contribution in [3.8, 4) is 11.3 Å². The van der Waals surface area contributed by atoms with E-state index in [0.717, 1.165) is 60.5 Å². The Bertz CT molecular complexity index is 1290. The van der Waals surface area contributed by atoms with Crippen LogP contribution in [0.5, 0.6) is 0 Å². The number of likely N-dealkylation sites (N-methyl/N-ethyl adjacent to an activating group) is 1. The van der Waals surface area contributed by atoms with Crippen LogP contribution in [0.3, 0.4) is 0 Å². The van der Waals surface area contributed by atoms with E-state index < -0.39 is 0 Å². The third-order valence-corrected chi connectivity index (χ3v) is 8.38. The van der Waals surface area contributed by atoms with Crippen molar-refractivity contribution >= 4 is 29.4 Å². The highest BCUT2D eigenvalue weighted by Crippen LogP contribution is 2.28. The van der Waals surface area contributed by atoms with Crippen molar-refractivity contribution in [2.24, 2.45) is 0 Å². The van der Waals surface area contributed by atoms with Gasteiger partial charge in [0.15, 0.2) is 5.16 Å². The summed E-state index contributed by atoms with van der Waals surface area (Å²) in [5.41, 5.74) is 3.74. The molecule has 2 aliphatic heterocycles. The van der Waals surface area contributed by atoms with E-state index >= 15 is 0 Å². The van der Waals surface area contributed by atoms with Gasteiger partial charge in [-0.25, -0.2) is 9.97 Å². The van der Waals surface area contributed by atoms with Gasteiger partial charge in [0.25, 0.3) is 5.91 Å². The molecule has 2 saturated heterocycles. The van der Waals surface area contributed by atoms with E-state index in [-0.39, 0.29) is 11.8 Å². The number of benzene rings is 2. The van der Waals surface area contributed by atoms with Gasteiger partial charge in [-0.15, -0.1) is 0 Å². The summed E-state index contributed by atoms with van der Waals surface area (Å²) in [5.74, 6) is 1.71. The summed E-state index contributed by atoms with van der Waals surface area (Å²) in [6, 6.07) is 20.2. The maximum absolute atomic E-state index is 13.2. The molecule has 3 heterocycles. The number of hydrogen-bond acceptors (Lipinski definition) is 7. The molecule has 0 saturated carbocycles. The molecule has 2 fully saturated rings. The van der Waals surface area contributed by atoms with Crippen LogP contribution in [0.4, 0.5) is 5.82 Å². The first-order valence-corrected chi connectivity index (χ1v) is 14.7. The monoisotopic (exact) mass is 544 g/mol. The Hall–Kier alpha value is -3.43. The third-order valence-electron chi connectivity index (χ3n) is 7.46. The molecule has 3 aromatic rings. The maximum Gasteiger partial charge on any atom is 0.253 e. The van der Waals surface area contributed by atoms with Gasteiger partial charge in [-0.05, 0) is 24.2 Å². The van der Waals surface area contributed by atoms with Gasteiger partial charge in [0.1, 0.15) is 5.82 Å². The fourth-order valence-electron chi connectivity index (χ4n) is 5.04. The highest BCUT2D eigenvalue weighted by molar-refractivity contribution is 7.98. The van der Waals surface area contributed by atoms with Crippen molar-refractivity contribution in [1.82, 2.24) is 24.7 Å². The van der Waals surface area contributed by atoms with E-state index in [1.54, 1.807) is 23.6 Å². The number of carbonyl (C=O) groups excluding carboxylic acids is 2. The molecule has 2 aliphatic rings. The number of aromatic nitrogens is 2. The summed E-state index contributed by atoms with van der Waals surface area (Å²) in [5, 5.41) is 0.737. The van der Waals surface area contributed by atoms with Gasteiger partial charge >= 0.3 is 0 Å². The fraction of sp³-hybridized carbons (Fsp3) is 0.400. The van der Waals surface area contributed by atoms with Crippen LogP contribution < -0.4 is 4.90 Å². The average molecular weight is 545 g/mol. The molecular formula is C30H36N6O2S. The van der Waals surface area contributed by atoms with Crippen LogP contribution >= 0.6 is 11.8 Å². The zero-order valence-corrected chi connectivity index (χ0v) is 23.6. The highest BCUT2D eigenvalue weighted by Gasteiger charge is 2.23. The van der Waals surface area contributed by atoms with Gasteiger partial charge in [0.05, 0.1) is 5.69 Å². The molecule has 0 unspecified atom stereocenters. The average Bonchev–Trinajstić information content (AvgIpc) is 3.00. The third kappa shape index (κ3) is 6.78. The molecule has 1 aromatic heterocycles. The molecule has 5 rings (SSSR count). The summed E-state index contributed by atoms with van der Waals surface area (Å²) in [6.45, 7) is 11.1. The predicted octanol–water partition coefficient (Wildman–Crippen LogP) is 3.88. The number of hydrogen-bond donors (Lipinski definition) is 0. The molecule has 0 aliphatic carbocycles. The van der Waals surface area contributed by atoms with Crippen molar-refractivity contribution in [3.05, 3.63) is 71.8 Å². The van der Waals surface area contributed by atoms with E-state index in [4.69, 9.17) is 9.97 Å². The van der Waals surface area contributed by atoms with Crippen LogP contribution in [-0.2, 0) is 10.5 Å². The van der Waals surface area contributed by atoms with E-state index in [1.807, 2.05) is 47.4 Å². The van der Waals surface area contributed by atoms with E-state index in [9.17, 15) is 9.59 Å². The smallest absolute Gasteiger partial charge is 0.253 e. The number of piperazine rings is 2. The predicted molar refractivity (Wildman–Crippen MR) is 156 cm³/mol. The quantitative estimate of drug-likeness (QED) is 0.330. The second-order valence-corrected chi connectivity index (χ2v) is 10.9. The minimum atomic E-state index is 0.0147. The molecule has 204 valence electrons. The van der Waals surface area contributed by atoms with Crippen LogP contribution in [0.2, 0.25) is 0 Å². The van der Waals surface area contributed by atoms with Crippen molar-refractivity contribution in [1.29, 1.82) is 0 Å². The lowest BCUT2D eigenvalue weighted by atomic mass is 10.1. The number of rotatable bonds is 7. The fourth-order valence-corrected chi connectivity index (χ4v) is 5.83. The second kappa shape index (κ2) is 12.6. The number of carbonyl (C=O) groups is 2. The zero-order valence-electron chi connectivity index (χ0n) is 22.8. The molecule has 39 heavy (non-hydrogen) atoms. The lowest BCUT2D eigenvalue weighted by Gasteiger charge is -2.35. The SMILES string of the molecule is CCN1CCN(c2cc(-c3ccccc3)nc(SCc3cccc(C(=O)N4CCN(C(C)=O)CC4)c3)n2)CC1. The van der Waals surface area contributed by atoms with Crippen LogP contribution in [0.25, 0.3) is 11.3 Å². The minimum absolute atomic E-state index is 0.0147. The van der Waals surface area contributed by atoms with Crippen molar-refractivity contribution in [2.45, 2.75) is 24.8 Å². The molecule has 2 aromatic carbocycles. The molecule has 9 heteroatoms. The molecule has 8 nitrogen and oxygen atoms in total. The lowest BCUT2D eigenvalue weighted by Crippen LogP contribution is -2.50. The van der Waals surface area contributed by atoms with E-state index in [0.29, 0.717) is 37.5 Å². The first-order valence-electron chi connectivity index (χ1n) is 13.7. The van der Waals surface area contributed by atoms with Gasteiger partial charge in [0.2, 0.25) is 5.91 Å². The Kier molecular flexibility index (Phi) is 8.78. The Morgan fingerprint density at radius 3 is 2.23 bits per heavy atom. The van der Waals surface area contributed by atoms with Crippen molar-refractivity contribution in [2.75, 3.05) is 63.8 Å². The lowest BCUT2D eigenvalue weighted by molar-refractivity contribution is -0.130. The molecule has 0 radical (unpaired) electrons. The minimum Gasteiger partial charge on any atom is -0.354 e. The van der Waals surface area contributed by atoms with Crippen LogP contribution in [0.15, 0.2) is 65.8 Å². The van der Waals surface area contributed by atoms with Gasteiger partial charge in [-0.1, -0.05) is 61.2 Å². The van der Waals surface area contributed by atoms with Crippen LogP contribution in [0.1, 0.15) is 29.8 Å². The van der Waals surface area contributed by atoms with Gasteiger partial charge in [-0.2, -0.15) is 0 Å². The van der Waals surface area contributed by atoms with Gasteiger partial charge < -0.3 is 19.6 Å². The Morgan fingerprint density at radius 2 is 1.54 bits per heavy atom. The zero-order chi connectivity index (χ0) is 27.2. The molecule has 0 N–H and O–H groups in total. The molecule has 0 spiro atoms. The van der Waals surface area contributed by atoms with E-state index in [1.165, 1.54) is 0 Å². The van der Waals surface area contributed by atoms with Crippen LogP contribution in [-0.4, -0.2) is 95.4 Å². The summed E-state index contributed by atoms with van der Waals surface area (Å²) in [7, 11) is 0. The van der Waals surface area contributed by atoms with Crippen molar-refractivity contribution < 1.29 is 9.59 Å². The number of anilines is 1. The Morgan fingerprint density at radius 1 is 0.821 bits per heavy atom. The van der Waals surface area contributed by atoms with Crippen molar-refractivity contribution in [3.63, 3.8) is 0 Å². The maximum atomic E-state index is 13.2. The highest BCUT2D eigenvalue weighted by atomic mass is 32.2. The summed E-state index contributed by atoms with van der Waals surface area (Å²) < 4.78 is 0. The molecular weight excluding hydrogens is 508 g/mol. The Labute approximate surface area is 235 Å². The number of thioether (sulfide) groups is 1. The van der Waals surface area contributed by atoms with Gasteiger partial charge in [-0.3, -0.25) is 9.59 Å². The molecule has 0 bridgehead atoms. The summed E-state index contributed by atoms with van der Waals surface area (Å²) >= 11 is 1.60. The van der Waals surface area contributed by atoms with Gasteiger partial charge in [0, 0.05) is 82.2 Å². The second-order valence-electron chi connectivity index (χ2n) is 9.97. The van der Waals surface area contributed by atoms with Crippen LogP contribution in [0, 0.1) is 0 Å². The first-order chi connectivity index (χ1) is 19.0. The summed E-state index contributed by atoms with van der Waals surface area (Å²) in [6.07, 6.45) is 0. The van der Waals surface area contributed by atoms with E-state index in [2.05, 4.69) is 34.9 Å². The number of amides is 2. The standard InChI is InChI=1S/C30H36N6O2S/c1-3-33-12-14-35(15-13-33)28-21-27(25-9-5-4-6-10-25)31-30(32-28)39-22-24-8-7-11-26(20-24)29(38)36-18-16-34(17-19-36)23(2)37/h4-11,20-21H,3,12-19,22H2,1-2H3. The topological polar surface area (TPSA) is 72.9 Å². The largest absolute Gasteiger partial charge is 0.354 e. The molecule has 2 amide bonds. The molecule has 0 atom stereocenters. The first kappa shape index (κ1) is 27.1. The Balaban J connectivity index is 1.30. The normalized spacial score (nSPS) is 16.4. The number of nitrogens with zero attached hydrogens (tertiary/aromatic N) is 6.